The molecule has 0 amide bonds. The normalized spacial score (nSPS) is 21.7. The van der Waals surface area contributed by atoms with Crippen molar-refractivity contribution in [3.8, 4) is 0 Å². The molecule has 1 aliphatic heterocycles. The maximum atomic E-state index is 9.34. The van der Waals surface area contributed by atoms with Crippen LogP contribution in [0.5, 0.6) is 0 Å². The fourth-order valence-corrected chi connectivity index (χ4v) is 1.37. The molecule has 1 rings (SSSR count). The summed E-state index contributed by atoms with van der Waals surface area (Å²) in [7, 11) is 0. The fourth-order valence-electron chi connectivity index (χ4n) is 1.37. The van der Waals surface area contributed by atoms with Crippen LogP contribution in [-0.4, -0.2) is 43.7 Å². The van der Waals surface area contributed by atoms with Crippen molar-refractivity contribution in [3.05, 3.63) is 0 Å². The smallest absolute Gasteiger partial charge is 0.0785 e. The molecule has 1 aliphatic rings. The molecule has 0 aromatic rings. The van der Waals surface area contributed by atoms with Crippen molar-refractivity contribution in [2.24, 2.45) is 5.73 Å². The quantitative estimate of drug-likeness (QED) is 0.633. The van der Waals surface area contributed by atoms with E-state index in [-0.39, 0.29) is 6.10 Å². The van der Waals surface area contributed by atoms with E-state index in [9.17, 15) is 5.11 Å². The summed E-state index contributed by atoms with van der Waals surface area (Å²) in [4.78, 5) is 0. The monoisotopic (exact) mass is 189 g/mol. The molecule has 0 aliphatic carbocycles. The minimum Gasteiger partial charge on any atom is -0.391 e. The first-order valence-electron chi connectivity index (χ1n) is 4.90. The number of hydrogen-bond donors (Lipinski definition) is 2. The molecule has 0 saturated carbocycles. The Bertz CT molecular complexity index is 126. The van der Waals surface area contributed by atoms with Gasteiger partial charge in [0.25, 0.3) is 0 Å². The summed E-state index contributed by atoms with van der Waals surface area (Å²) in [6, 6.07) is 0. The SMILES string of the molecule is NCC[C@@H](O)COC1CCOCC1. The largest absolute Gasteiger partial charge is 0.391 e. The highest BCUT2D eigenvalue weighted by Gasteiger charge is 2.15. The van der Waals surface area contributed by atoms with Crippen LogP contribution in [0.25, 0.3) is 0 Å². The molecular formula is C9H19NO3. The zero-order valence-corrected chi connectivity index (χ0v) is 7.95. The highest BCUT2D eigenvalue weighted by Crippen LogP contribution is 2.10. The van der Waals surface area contributed by atoms with E-state index in [1.807, 2.05) is 0 Å². The second-order valence-electron chi connectivity index (χ2n) is 3.38. The van der Waals surface area contributed by atoms with E-state index in [1.165, 1.54) is 0 Å². The third-order valence-corrected chi connectivity index (χ3v) is 2.19. The van der Waals surface area contributed by atoms with Gasteiger partial charge in [0.15, 0.2) is 0 Å². The van der Waals surface area contributed by atoms with Crippen LogP contribution in [0.4, 0.5) is 0 Å². The van der Waals surface area contributed by atoms with Crippen molar-refractivity contribution in [2.45, 2.75) is 31.5 Å². The summed E-state index contributed by atoms with van der Waals surface area (Å²) in [5.74, 6) is 0. The topological polar surface area (TPSA) is 64.7 Å². The van der Waals surface area contributed by atoms with Crippen molar-refractivity contribution >= 4 is 0 Å². The van der Waals surface area contributed by atoms with E-state index in [4.69, 9.17) is 15.2 Å². The Morgan fingerprint density at radius 2 is 2.15 bits per heavy atom. The number of aliphatic hydroxyl groups is 1. The molecule has 0 unspecified atom stereocenters. The fraction of sp³-hybridized carbons (Fsp3) is 1.00. The van der Waals surface area contributed by atoms with E-state index in [0.717, 1.165) is 26.1 Å². The molecule has 1 saturated heterocycles. The van der Waals surface area contributed by atoms with Crippen LogP contribution < -0.4 is 5.73 Å². The van der Waals surface area contributed by atoms with Crippen molar-refractivity contribution in [2.75, 3.05) is 26.4 Å². The van der Waals surface area contributed by atoms with Gasteiger partial charge in [0, 0.05) is 13.2 Å². The number of hydrogen-bond acceptors (Lipinski definition) is 4. The van der Waals surface area contributed by atoms with Gasteiger partial charge in [-0.3, -0.25) is 0 Å². The number of nitrogens with two attached hydrogens (primary N) is 1. The standard InChI is InChI=1S/C9H19NO3/c10-4-1-8(11)7-13-9-2-5-12-6-3-9/h8-9,11H,1-7,10H2/t8-/m1/s1. The molecule has 0 aromatic carbocycles. The predicted molar refractivity (Wildman–Crippen MR) is 49.5 cm³/mol. The Morgan fingerprint density at radius 3 is 2.77 bits per heavy atom. The Morgan fingerprint density at radius 1 is 1.46 bits per heavy atom. The van der Waals surface area contributed by atoms with Gasteiger partial charge in [-0.1, -0.05) is 0 Å². The van der Waals surface area contributed by atoms with Crippen LogP contribution in [0.2, 0.25) is 0 Å². The van der Waals surface area contributed by atoms with Gasteiger partial charge in [-0.15, -0.1) is 0 Å². The van der Waals surface area contributed by atoms with Crippen LogP contribution in [0.1, 0.15) is 19.3 Å². The van der Waals surface area contributed by atoms with Crippen LogP contribution in [0.15, 0.2) is 0 Å². The molecule has 3 N–H and O–H groups in total. The van der Waals surface area contributed by atoms with Gasteiger partial charge < -0.3 is 20.3 Å². The highest BCUT2D eigenvalue weighted by atomic mass is 16.5. The maximum Gasteiger partial charge on any atom is 0.0785 e. The molecule has 4 heteroatoms. The number of aliphatic hydroxyl groups excluding tert-OH is 1. The van der Waals surface area contributed by atoms with Crippen molar-refractivity contribution in [1.29, 1.82) is 0 Å². The summed E-state index contributed by atoms with van der Waals surface area (Å²) in [5.41, 5.74) is 5.30. The lowest BCUT2D eigenvalue weighted by molar-refractivity contribution is -0.0598. The van der Waals surface area contributed by atoms with E-state index in [1.54, 1.807) is 0 Å². The van der Waals surface area contributed by atoms with Crippen molar-refractivity contribution in [3.63, 3.8) is 0 Å². The van der Waals surface area contributed by atoms with Gasteiger partial charge in [0.05, 0.1) is 18.8 Å². The average molecular weight is 189 g/mol. The minimum atomic E-state index is -0.409. The summed E-state index contributed by atoms with van der Waals surface area (Å²) >= 11 is 0. The third-order valence-electron chi connectivity index (χ3n) is 2.19. The molecule has 0 radical (unpaired) electrons. The molecule has 13 heavy (non-hydrogen) atoms. The summed E-state index contributed by atoms with van der Waals surface area (Å²) in [6.07, 6.45) is 2.35. The zero-order valence-electron chi connectivity index (χ0n) is 7.95. The Kier molecular flexibility index (Phi) is 5.31. The van der Waals surface area contributed by atoms with Crippen LogP contribution in [-0.2, 0) is 9.47 Å². The van der Waals surface area contributed by atoms with Gasteiger partial charge in [0.2, 0.25) is 0 Å². The Labute approximate surface area is 79.0 Å². The van der Waals surface area contributed by atoms with Gasteiger partial charge in [-0.25, -0.2) is 0 Å². The van der Waals surface area contributed by atoms with Gasteiger partial charge in [-0.05, 0) is 25.8 Å². The lowest BCUT2D eigenvalue weighted by Crippen LogP contribution is -2.28. The molecule has 0 spiro atoms. The molecule has 78 valence electrons. The van der Waals surface area contributed by atoms with Crippen molar-refractivity contribution < 1.29 is 14.6 Å². The van der Waals surface area contributed by atoms with Crippen LogP contribution >= 0.6 is 0 Å². The molecule has 1 heterocycles. The first kappa shape index (κ1) is 10.9. The number of ether oxygens (including phenoxy) is 2. The molecule has 1 atom stereocenters. The zero-order chi connectivity index (χ0) is 9.52. The summed E-state index contributed by atoms with van der Waals surface area (Å²) in [6.45, 7) is 2.47. The number of rotatable bonds is 5. The van der Waals surface area contributed by atoms with Gasteiger partial charge in [0.1, 0.15) is 0 Å². The van der Waals surface area contributed by atoms with Gasteiger partial charge in [-0.2, -0.15) is 0 Å². The van der Waals surface area contributed by atoms with Crippen molar-refractivity contribution in [1.82, 2.24) is 0 Å². The molecule has 4 nitrogen and oxygen atoms in total. The summed E-state index contributed by atoms with van der Waals surface area (Å²) < 4.78 is 10.7. The molecule has 0 aromatic heterocycles. The first-order chi connectivity index (χ1) is 6.33. The van der Waals surface area contributed by atoms with Crippen LogP contribution in [0.3, 0.4) is 0 Å². The minimum absolute atomic E-state index is 0.265. The first-order valence-corrected chi connectivity index (χ1v) is 4.90. The summed E-state index contributed by atoms with van der Waals surface area (Å²) in [5, 5.41) is 9.34. The molecule has 0 bridgehead atoms. The van der Waals surface area contributed by atoms with E-state index < -0.39 is 6.10 Å². The second kappa shape index (κ2) is 6.32. The van der Waals surface area contributed by atoms with Crippen LogP contribution in [0, 0.1) is 0 Å². The lowest BCUT2D eigenvalue weighted by atomic mass is 10.1. The molecular weight excluding hydrogens is 170 g/mol. The third kappa shape index (κ3) is 4.57. The Hall–Kier alpha value is -0.160. The average Bonchev–Trinajstić information content (AvgIpc) is 2.17. The Balaban J connectivity index is 2.03. The predicted octanol–water partition coefficient (Wildman–Crippen LogP) is -0.108. The highest BCUT2D eigenvalue weighted by molar-refractivity contribution is 4.64. The second-order valence-corrected chi connectivity index (χ2v) is 3.38. The molecule has 1 fully saturated rings. The van der Waals surface area contributed by atoms with E-state index in [0.29, 0.717) is 19.6 Å². The maximum absolute atomic E-state index is 9.34. The van der Waals surface area contributed by atoms with E-state index >= 15 is 0 Å². The van der Waals surface area contributed by atoms with E-state index in [2.05, 4.69) is 0 Å². The lowest BCUT2D eigenvalue weighted by Gasteiger charge is -2.23. The van der Waals surface area contributed by atoms with Gasteiger partial charge >= 0.3 is 0 Å².